The number of imidazole rings is 1. The van der Waals surface area contributed by atoms with Crippen molar-refractivity contribution in [1.82, 2.24) is 14.6 Å². The second kappa shape index (κ2) is 6.79. The molecule has 0 bridgehead atoms. The topological polar surface area (TPSA) is 98.5 Å². The van der Waals surface area contributed by atoms with E-state index in [2.05, 4.69) is 15.4 Å². The molecule has 0 unspecified atom stereocenters. The maximum absolute atomic E-state index is 12.4. The molecular formula is C22H17N5O2. The number of furan rings is 1. The molecule has 142 valence electrons. The fourth-order valence-corrected chi connectivity index (χ4v) is 3.22. The van der Waals surface area contributed by atoms with Crippen molar-refractivity contribution in [2.75, 3.05) is 11.1 Å². The standard InChI is InChI=1S/C22H17N5O2/c23-16-7-5-14(6-8-16)11-22(28)25-20-9-10-21-24-13-17(27(21)26-20)19-12-15-3-1-2-4-18(15)29-19/h1-10,12-13H,11,23H2,(H,25,26,28). The quantitative estimate of drug-likeness (QED) is 0.459. The summed E-state index contributed by atoms with van der Waals surface area (Å²) < 4.78 is 7.59. The van der Waals surface area contributed by atoms with Gasteiger partial charge in [0.25, 0.3) is 0 Å². The number of nitrogen functional groups attached to an aromatic ring is 1. The Morgan fingerprint density at radius 1 is 1.07 bits per heavy atom. The summed E-state index contributed by atoms with van der Waals surface area (Å²) in [4.78, 5) is 16.8. The van der Waals surface area contributed by atoms with Crippen LogP contribution in [0.1, 0.15) is 5.56 Å². The van der Waals surface area contributed by atoms with Gasteiger partial charge in [0, 0.05) is 11.1 Å². The Kier molecular flexibility index (Phi) is 3.98. The number of nitrogens with one attached hydrogen (secondary N) is 1. The van der Waals surface area contributed by atoms with Gasteiger partial charge in [-0.1, -0.05) is 30.3 Å². The molecule has 7 heteroatoms. The van der Waals surface area contributed by atoms with Gasteiger partial charge in [-0.2, -0.15) is 0 Å². The zero-order valence-corrected chi connectivity index (χ0v) is 15.4. The molecule has 2 aromatic carbocycles. The summed E-state index contributed by atoms with van der Waals surface area (Å²) in [6, 6.07) is 20.5. The van der Waals surface area contributed by atoms with Crippen LogP contribution in [0, 0.1) is 0 Å². The van der Waals surface area contributed by atoms with E-state index in [1.54, 1.807) is 35.0 Å². The molecule has 3 aromatic heterocycles. The summed E-state index contributed by atoms with van der Waals surface area (Å²) in [6.45, 7) is 0. The number of hydrogen-bond donors (Lipinski definition) is 2. The minimum absolute atomic E-state index is 0.160. The molecule has 3 heterocycles. The minimum atomic E-state index is -0.160. The van der Waals surface area contributed by atoms with Crippen LogP contribution in [-0.2, 0) is 11.2 Å². The zero-order valence-electron chi connectivity index (χ0n) is 15.4. The van der Waals surface area contributed by atoms with E-state index < -0.39 is 0 Å². The lowest BCUT2D eigenvalue weighted by Gasteiger charge is -2.06. The van der Waals surface area contributed by atoms with E-state index in [0.717, 1.165) is 16.5 Å². The third kappa shape index (κ3) is 3.29. The third-order valence-corrected chi connectivity index (χ3v) is 4.65. The van der Waals surface area contributed by atoms with Gasteiger partial charge in [0.1, 0.15) is 11.3 Å². The zero-order chi connectivity index (χ0) is 19.8. The number of amides is 1. The molecule has 0 saturated heterocycles. The minimum Gasteiger partial charge on any atom is -0.454 e. The number of rotatable bonds is 4. The first-order chi connectivity index (χ1) is 14.2. The largest absolute Gasteiger partial charge is 0.454 e. The Morgan fingerprint density at radius 2 is 1.90 bits per heavy atom. The Morgan fingerprint density at radius 3 is 2.72 bits per heavy atom. The molecule has 7 nitrogen and oxygen atoms in total. The Labute approximate surface area is 165 Å². The van der Waals surface area contributed by atoms with Gasteiger partial charge in [0.2, 0.25) is 5.91 Å². The summed E-state index contributed by atoms with van der Waals surface area (Å²) in [5, 5.41) is 8.36. The van der Waals surface area contributed by atoms with E-state index in [0.29, 0.717) is 28.6 Å². The van der Waals surface area contributed by atoms with Crippen molar-refractivity contribution < 1.29 is 9.21 Å². The van der Waals surface area contributed by atoms with E-state index >= 15 is 0 Å². The average Bonchev–Trinajstić information content (AvgIpc) is 3.33. The van der Waals surface area contributed by atoms with Crippen molar-refractivity contribution in [3.8, 4) is 11.5 Å². The first-order valence-electron chi connectivity index (χ1n) is 9.14. The van der Waals surface area contributed by atoms with Crippen molar-refractivity contribution in [3.63, 3.8) is 0 Å². The summed E-state index contributed by atoms with van der Waals surface area (Å²) in [5.74, 6) is 0.942. The first-order valence-corrected chi connectivity index (χ1v) is 9.14. The summed E-state index contributed by atoms with van der Waals surface area (Å²) in [7, 11) is 0. The van der Waals surface area contributed by atoms with Gasteiger partial charge in [-0.15, -0.1) is 5.10 Å². The van der Waals surface area contributed by atoms with Crippen LogP contribution in [0.15, 0.2) is 77.3 Å². The van der Waals surface area contributed by atoms with Gasteiger partial charge in [0.05, 0.1) is 12.6 Å². The molecule has 0 aliphatic heterocycles. The number of nitrogens with two attached hydrogens (primary N) is 1. The van der Waals surface area contributed by atoms with Gasteiger partial charge in [-0.25, -0.2) is 9.50 Å². The molecule has 0 aliphatic carbocycles. The fourth-order valence-electron chi connectivity index (χ4n) is 3.22. The van der Waals surface area contributed by atoms with Gasteiger partial charge in [-0.3, -0.25) is 4.79 Å². The van der Waals surface area contributed by atoms with Gasteiger partial charge in [-0.05, 0) is 42.0 Å². The number of fused-ring (bicyclic) bond motifs is 2. The molecular weight excluding hydrogens is 366 g/mol. The fraction of sp³-hybridized carbons (Fsp3) is 0.0455. The van der Waals surface area contributed by atoms with Crippen molar-refractivity contribution in [3.05, 3.63) is 78.5 Å². The average molecular weight is 383 g/mol. The summed E-state index contributed by atoms with van der Waals surface area (Å²) in [6.07, 6.45) is 1.94. The molecule has 5 aromatic rings. The van der Waals surface area contributed by atoms with E-state index in [1.165, 1.54) is 0 Å². The van der Waals surface area contributed by atoms with Crippen LogP contribution in [0.25, 0.3) is 28.1 Å². The predicted octanol–water partition coefficient (Wildman–Crippen LogP) is 3.91. The number of benzene rings is 2. The van der Waals surface area contributed by atoms with E-state index in [-0.39, 0.29) is 12.3 Å². The number of aromatic nitrogens is 3. The van der Waals surface area contributed by atoms with Crippen molar-refractivity contribution in [2.45, 2.75) is 6.42 Å². The lowest BCUT2D eigenvalue weighted by Crippen LogP contribution is -2.16. The molecule has 29 heavy (non-hydrogen) atoms. The highest BCUT2D eigenvalue weighted by molar-refractivity contribution is 5.91. The van der Waals surface area contributed by atoms with Crippen molar-refractivity contribution in [2.24, 2.45) is 0 Å². The maximum atomic E-state index is 12.4. The van der Waals surface area contributed by atoms with Crippen LogP contribution in [0.5, 0.6) is 0 Å². The molecule has 5 rings (SSSR count). The Hall–Kier alpha value is -4.13. The number of nitrogens with zero attached hydrogens (tertiary/aromatic N) is 3. The normalized spacial score (nSPS) is 11.2. The number of para-hydroxylation sites is 1. The molecule has 3 N–H and O–H groups in total. The van der Waals surface area contributed by atoms with Crippen LogP contribution >= 0.6 is 0 Å². The van der Waals surface area contributed by atoms with E-state index in [4.69, 9.17) is 10.2 Å². The molecule has 1 amide bonds. The lowest BCUT2D eigenvalue weighted by atomic mass is 10.1. The van der Waals surface area contributed by atoms with Crippen LogP contribution in [0.3, 0.4) is 0 Å². The van der Waals surface area contributed by atoms with Crippen molar-refractivity contribution in [1.29, 1.82) is 0 Å². The number of carbonyl (C=O) groups is 1. The van der Waals surface area contributed by atoms with Crippen LogP contribution in [0.2, 0.25) is 0 Å². The van der Waals surface area contributed by atoms with Crippen LogP contribution in [-0.4, -0.2) is 20.5 Å². The summed E-state index contributed by atoms with van der Waals surface area (Å²) >= 11 is 0. The highest BCUT2D eigenvalue weighted by Gasteiger charge is 2.13. The highest BCUT2D eigenvalue weighted by atomic mass is 16.3. The third-order valence-electron chi connectivity index (χ3n) is 4.65. The summed E-state index contributed by atoms with van der Waals surface area (Å²) in [5.41, 5.74) is 9.40. The molecule has 0 radical (unpaired) electrons. The molecule has 0 atom stereocenters. The van der Waals surface area contributed by atoms with Crippen LogP contribution < -0.4 is 11.1 Å². The molecule has 0 fully saturated rings. The number of carbonyl (C=O) groups excluding carboxylic acids is 1. The number of hydrogen-bond acceptors (Lipinski definition) is 5. The highest BCUT2D eigenvalue weighted by Crippen LogP contribution is 2.28. The number of anilines is 2. The molecule has 0 spiro atoms. The predicted molar refractivity (Wildman–Crippen MR) is 111 cm³/mol. The first kappa shape index (κ1) is 17.0. The van der Waals surface area contributed by atoms with Gasteiger partial charge < -0.3 is 15.5 Å². The van der Waals surface area contributed by atoms with E-state index in [1.807, 2.05) is 42.5 Å². The lowest BCUT2D eigenvalue weighted by molar-refractivity contribution is -0.115. The van der Waals surface area contributed by atoms with Gasteiger partial charge in [0.15, 0.2) is 17.2 Å². The van der Waals surface area contributed by atoms with E-state index in [9.17, 15) is 4.79 Å². The second-order valence-corrected chi connectivity index (χ2v) is 6.75. The molecule has 0 aliphatic rings. The maximum Gasteiger partial charge on any atom is 0.229 e. The monoisotopic (exact) mass is 383 g/mol. The Balaban J connectivity index is 1.43. The van der Waals surface area contributed by atoms with Crippen LogP contribution in [0.4, 0.5) is 11.5 Å². The smallest absolute Gasteiger partial charge is 0.229 e. The second-order valence-electron chi connectivity index (χ2n) is 6.75. The Bertz CT molecular complexity index is 1300. The molecule has 0 saturated carbocycles. The van der Waals surface area contributed by atoms with Gasteiger partial charge >= 0.3 is 0 Å². The SMILES string of the molecule is Nc1ccc(CC(=O)Nc2ccc3ncc(-c4cc5ccccc5o4)n3n2)cc1. The van der Waals surface area contributed by atoms with Crippen molar-refractivity contribution >= 4 is 34.0 Å².